The molecule has 0 aromatic carbocycles. The molecule has 11 nitrogen and oxygen atoms in total. The van der Waals surface area contributed by atoms with Gasteiger partial charge in [-0.15, -0.1) is 0 Å². The van der Waals surface area contributed by atoms with Gasteiger partial charge >= 0.3 is 12.1 Å². The first-order valence-electron chi connectivity index (χ1n) is 13.7. The van der Waals surface area contributed by atoms with Crippen molar-refractivity contribution in [2.24, 2.45) is 5.41 Å². The van der Waals surface area contributed by atoms with Crippen molar-refractivity contribution in [2.75, 3.05) is 20.1 Å². The lowest BCUT2D eigenvalue weighted by molar-refractivity contribution is -0.141. The van der Waals surface area contributed by atoms with Gasteiger partial charge in [-0.1, -0.05) is 33.6 Å². The van der Waals surface area contributed by atoms with Crippen molar-refractivity contribution in [3.8, 4) is 0 Å². The Morgan fingerprint density at radius 2 is 1.59 bits per heavy atom. The van der Waals surface area contributed by atoms with Crippen molar-refractivity contribution >= 4 is 23.9 Å². The Bertz CT molecular complexity index is 853. The molecule has 5 amide bonds. The van der Waals surface area contributed by atoms with Crippen LogP contribution in [-0.2, 0) is 14.3 Å². The molecule has 0 aromatic rings. The van der Waals surface area contributed by atoms with Crippen LogP contribution >= 0.6 is 0 Å². The van der Waals surface area contributed by atoms with Crippen LogP contribution in [0.4, 0.5) is 9.59 Å². The van der Waals surface area contributed by atoms with Crippen molar-refractivity contribution < 1.29 is 23.9 Å². The van der Waals surface area contributed by atoms with Crippen LogP contribution in [0.25, 0.3) is 0 Å². The zero-order valence-corrected chi connectivity index (χ0v) is 23.4. The molecule has 3 rings (SSSR count). The van der Waals surface area contributed by atoms with Crippen LogP contribution in [0.5, 0.6) is 0 Å². The van der Waals surface area contributed by atoms with E-state index in [4.69, 9.17) is 4.74 Å². The fraction of sp³-hybridized carbons (Fsp3) is 0.846. The van der Waals surface area contributed by atoms with Crippen LogP contribution in [0, 0.1) is 5.41 Å². The molecule has 1 aliphatic carbocycles. The van der Waals surface area contributed by atoms with Crippen molar-refractivity contribution in [3.05, 3.63) is 0 Å². The minimum Gasteiger partial charge on any atom is -0.442 e. The number of amides is 5. The Morgan fingerprint density at radius 1 is 0.946 bits per heavy atom. The Kier molecular flexibility index (Phi) is 9.31. The van der Waals surface area contributed by atoms with Crippen LogP contribution in [0.1, 0.15) is 73.6 Å². The number of likely N-dealkylation sites (N-methyl/N-ethyl adjacent to an activating group) is 1. The maximum Gasteiger partial charge on any atom is 0.407 e. The van der Waals surface area contributed by atoms with Gasteiger partial charge in [-0.2, -0.15) is 0 Å². The van der Waals surface area contributed by atoms with Gasteiger partial charge in [-0.3, -0.25) is 9.59 Å². The Hall–Kier alpha value is -2.56. The summed E-state index contributed by atoms with van der Waals surface area (Å²) in [5.74, 6) is -0.493. The van der Waals surface area contributed by atoms with E-state index < -0.39 is 35.7 Å². The van der Waals surface area contributed by atoms with Crippen LogP contribution in [0.3, 0.4) is 0 Å². The number of nitrogens with zero attached hydrogens (tertiary/aromatic N) is 2. The minimum atomic E-state index is -0.777. The molecule has 5 atom stereocenters. The number of rotatable bonds is 7. The molecule has 4 N–H and O–H groups in total. The smallest absolute Gasteiger partial charge is 0.407 e. The van der Waals surface area contributed by atoms with Crippen LogP contribution in [-0.4, -0.2) is 96.2 Å². The van der Waals surface area contributed by atoms with Crippen molar-refractivity contribution in [3.63, 3.8) is 0 Å². The molecular formula is C26H46N6O5. The van der Waals surface area contributed by atoms with E-state index in [0.717, 1.165) is 25.7 Å². The van der Waals surface area contributed by atoms with Gasteiger partial charge in [0.25, 0.3) is 0 Å². The predicted octanol–water partition coefficient (Wildman–Crippen LogP) is 1.57. The average molecular weight is 523 g/mol. The molecule has 210 valence electrons. The molecule has 2 saturated heterocycles. The second-order valence-corrected chi connectivity index (χ2v) is 12.0. The van der Waals surface area contributed by atoms with Crippen molar-refractivity contribution in [1.29, 1.82) is 0 Å². The molecule has 11 heteroatoms. The molecule has 3 aliphatic rings. The standard InChI is InChI=1S/C26H46N6O5/c1-15(2)28-24(35)32-14-19(37-25(36)29-17-10-8-9-11-17)20-18(32)12-13-31(20)23(34)21(26(4,5)6)30-22(33)16(3)27-7/h15-21,27H,8-14H2,1-7H3,(H,28,35)(H,29,36)(H,30,33)/t16-,18+,19-,20-,21+/m0/s1. The van der Waals surface area contributed by atoms with Crippen molar-refractivity contribution in [1.82, 2.24) is 31.1 Å². The first-order valence-corrected chi connectivity index (χ1v) is 13.7. The third-order valence-corrected chi connectivity index (χ3v) is 7.70. The molecule has 2 heterocycles. The maximum atomic E-state index is 14.0. The van der Waals surface area contributed by atoms with Gasteiger partial charge in [0.05, 0.1) is 24.7 Å². The summed E-state index contributed by atoms with van der Waals surface area (Å²) in [6, 6.07) is -2.18. The number of likely N-dealkylation sites (tertiary alicyclic amines) is 2. The van der Waals surface area contributed by atoms with E-state index >= 15 is 0 Å². The summed E-state index contributed by atoms with van der Waals surface area (Å²) < 4.78 is 5.89. The van der Waals surface area contributed by atoms with Crippen LogP contribution in [0.15, 0.2) is 0 Å². The summed E-state index contributed by atoms with van der Waals surface area (Å²) in [5, 5.41) is 11.7. The monoisotopic (exact) mass is 522 g/mol. The molecule has 2 aliphatic heterocycles. The Labute approximate surface area is 220 Å². The molecule has 3 fully saturated rings. The quantitative estimate of drug-likeness (QED) is 0.401. The summed E-state index contributed by atoms with van der Waals surface area (Å²) in [5.41, 5.74) is -0.554. The number of hydrogen-bond donors (Lipinski definition) is 4. The largest absolute Gasteiger partial charge is 0.442 e. The lowest BCUT2D eigenvalue weighted by atomic mass is 9.85. The number of alkyl carbamates (subject to hydrolysis) is 1. The van der Waals surface area contributed by atoms with E-state index in [1.165, 1.54) is 0 Å². The lowest BCUT2D eigenvalue weighted by Crippen LogP contribution is -2.59. The first-order chi connectivity index (χ1) is 17.3. The Balaban J connectivity index is 1.83. The Morgan fingerprint density at radius 3 is 2.16 bits per heavy atom. The molecular weight excluding hydrogens is 476 g/mol. The number of ether oxygens (including phenoxy) is 1. The minimum absolute atomic E-state index is 0.0506. The third kappa shape index (κ3) is 6.86. The van der Waals surface area contributed by atoms with E-state index in [2.05, 4.69) is 21.3 Å². The molecule has 0 radical (unpaired) electrons. The normalized spacial score (nSPS) is 25.6. The summed E-state index contributed by atoms with van der Waals surface area (Å²) in [6.07, 6.45) is 3.42. The van der Waals surface area contributed by atoms with E-state index in [1.54, 1.807) is 23.8 Å². The number of carbonyl (C=O) groups is 4. The van der Waals surface area contributed by atoms with E-state index in [0.29, 0.717) is 13.0 Å². The van der Waals surface area contributed by atoms with Gasteiger partial charge in [0, 0.05) is 18.6 Å². The molecule has 0 bridgehead atoms. The highest BCUT2D eigenvalue weighted by molar-refractivity contribution is 5.91. The SMILES string of the molecule is CN[C@@H](C)C(=O)N[C@H](C(=O)N1CC[C@@H]2[C@H]1[C@@H](OC(=O)NC1CCCC1)CN2C(=O)NC(C)C)C(C)(C)C. The van der Waals surface area contributed by atoms with E-state index in [9.17, 15) is 19.2 Å². The van der Waals surface area contributed by atoms with E-state index in [-0.39, 0.29) is 42.5 Å². The first kappa shape index (κ1) is 29.0. The molecule has 0 spiro atoms. The van der Waals surface area contributed by atoms with Gasteiger partial charge in [0.1, 0.15) is 12.1 Å². The summed E-state index contributed by atoms with van der Waals surface area (Å²) in [6.45, 7) is 11.9. The fourth-order valence-corrected chi connectivity index (χ4v) is 5.57. The predicted molar refractivity (Wildman–Crippen MR) is 140 cm³/mol. The zero-order chi connectivity index (χ0) is 27.5. The maximum absolute atomic E-state index is 14.0. The number of urea groups is 1. The fourth-order valence-electron chi connectivity index (χ4n) is 5.57. The number of fused-ring (bicyclic) bond motifs is 1. The zero-order valence-electron chi connectivity index (χ0n) is 23.4. The van der Waals surface area contributed by atoms with Gasteiger partial charge in [-0.05, 0) is 52.5 Å². The van der Waals surface area contributed by atoms with Gasteiger partial charge < -0.3 is 35.8 Å². The second kappa shape index (κ2) is 11.9. The highest BCUT2D eigenvalue weighted by Gasteiger charge is 2.55. The second-order valence-electron chi connectivity index (χ2n) is 12.0. The van der Waals surface area contributed by atoms with Crippen molar-refractivity contribution in [2.45, 2.75) is 116 Å². The van der Waals surface area contributed by atoms with Crippen LogP contribution in [0.2, 0.25) is 0 Å². The van der Waals surface area contributed by atoms with Crippen LogP contribution < -0.4 is 21.3 Å². The van der Waals surface area contributed by atoms with Gasteiger partial charge in [0.15, 0.2) is 0 Å². The summed E-state index contributed by atoms with van der Waals surface area (Å²) in [4.78, 5) is 55.9. The van der Waals surface area contributed by atoms with Gasteiger partial charge in [0.2, 0.25) is 11.8 Å². The van der Waals surface area contributed by atoms with Gasteiger partial charge in [-0.25, -0.2) is 9.59 Å². The highest BCUT2D eigenvalue weighted by atomic mass is 16.6. The third-order valence-electron chi connectivity index (χ3n) is 7.70. The lowest BCUT2D eigenvalue weighted by Gasteiger charge is -2.37. The molecule has 1 saturated carbocycles. The average Bonchev–Trinajstić information content (AvgIpc) is 3.53. The topological polar surface area (TPSA) is 132 Å². The number of hydrogen-bond acceptors (Lipinski definition) is 6. The summed E-state index contributed by atoms with van der Waals surface area (Å²) in [7, 11) is 1.69. The highest BCUT2D eigenvalue weighted by Crippen LogP contribution is 2.36. The molecule has 37 heavy (non-hydrogen) atoms. The molecule has 0 aromatic heterocycles. The summed E-state index contributed by atoms with van der Waals surface area (Å²) >= 11 is 0. The molecule has 0 unspecified atom stereocenters. The number of nitrogens with one attached hydrogen (secondary N) is 4. The van der Waals surface area contributed by atoms with E-state index in [1.807, 2.05) is 34.6 Å². The number of carbonyl (C=O) groups excluding carboxylic acids is 4.